The maximum Gasteiger partial charge on any atom is 0.252 e. The van der Waals surface area contributed by atoms with E-state index in [0.29, 0.717) is 16.3 Å². The molecule has 0 aliphatic rings. The number of thiocarbonyl (C=S) groups is 1. The van der Waals surface area contributed by atoms with Gasteiger partial charge in [0, 0.05) is 9.13 Å². The summed E-state index contributed by atoms with van der Waals surface area (Å²) in [6.45, 7) is 0. The lowest BCUT2D eigenvalue weighted by Gasteiger charge is -2.28. The van der Waals surface area contributed by atoms with Crippen LogP contribution in [0.25, 0.3) is 0 Å². The Morgan fingerprint density at radius 2 is 1.65 bits per heavy atom. The second-order valence-electron chi connectivity index (χ2n) is 5.03. The van der Waals surface area contributed by atoms with Gasteiger partial charge in [-0.05, 0) is 71.2 Å². The number of halogens is 5. The van der Waals surface area contributed by atoms with Crippen LogP contribution in [-0.2, 0) is 0 Å². The van der Waals surface area contributed by atoms with E-state index in [2.05, 4.69) is 38.5 Å². The lowest BCUT2D eigenvalue weighted by atomic mass is 10.2. The molecule has 0 unspecified atom stereocenters. The van der Waals surface area contributed by atoms with Crippen molar-refractivity contribution in [1.82, 2.24) is 10.6 Å². The molecule has 0 aliphatic heterocycles. The number of rotatable bonds is 4. The number of carbonyl (C=O) groups is 1. The Labute approximate surface area is 190 Å². The minimum Gasteiger partial charge on any atom is -0.339 e. The average molecular weight is 563 g/mol. The normalized spacial score (nSPS) is 12.2. The third-order valence-corrected chi connectivity index (χ3v) is 5.03. The molecule has 1 amide bonds. The summed E-state index contributed by atoms with van der Waals surface area (Å²) in [6, 6.07) is 14.0. The SMILES string of the molecule is O=C(N[C@H](NC(=S)Nc1ccccc1Cl)C(Cl)(Cl)Cl)c1ccc(I)cc1. The van der Waals surface area contributed by atoms with Crippen molar-refractivity contribution < 1.29 is 4.79 Å². The van der Waals surface area contributed by atoms with Crippen molar-refractivity contribution in [2.45, 2.75) is 9.96 Å². The monoisotopic (exact) mass is 561 g/mol. The molecule has 0 saturated heterocycles. The van der Waals surface area contributed by atoms with Gasteiger partial charge >= 0.3 is 0 Å². The van der Waals surface area contributed by atoms with Crippen LogP contribution < -0.4 is 16.0 Å². The van der Waals surface area contributed by atoms with E-state index in [1.54, 1.807) is 48.5 Å². The average Bonchev–Trinajstić information content (AvgIpc) is 2.56. The van der Waals surface area contributed by atoms with Crippen molar-refractivity contribution in [1.29, 1.82) is 0 Å². The van der Waals surface area contributed by atoms with Gasteiger partial charge in [0.1, 0.15) is 6.17 Å². The highest BCUT2D eigenvalue weighted by Crippen LogP contribution is 2.29. The zero-order valence-electron chi connectivity index (χ0n) is 12.9. The fourth-order valence-electron chi connectivity index (χ4n) is 1.87. The molecule has 0 fully saturated rings. The molecule has 2 aromatic carbocycles. The number of hydrogen-bond donors (Lipinski definition) is 3. The van der Waals surface area contributed by atoms with E-state index in [-0.39, 0.29) is 5.11 Å². The standard InChI is InChI=1S/C16H12Cl4IN3OS/c17-11-3-1-2-4-12(11)22-15(26)24-14(16(18,19)20)23-13(25)9-5-7-10(21)8-6-9/h1-8,14H,(H,23,25)(H2,22,24,26)/t14-/m1/s1. The molecule has 26 heavy (non-hydrogen) atoms. The first-order chi connectivity index (χ1) is 12.2. The molecular weight excluding hydrogens is 551 g/mol. The third-order valence-electron chi connectivity index (χ3n) is 3.11. The summed E-state index contributed by atoms with van der Waals surface area (Å²) >= 11 is 31.4. The van der Waals surface area contributed by atoms with Gasteiger partial charge in [-0.2, -0.15) is 0 Å². The van der Waals surface area contributed by atoms with Crippen molar-refractivity contribution in [2.75, 3.05) is 5.32 Å². The summed E-state index contributed by atoms with van der Waals surface area (Å²) < 4.78 is -0.842. The first-order valence-electron chi connectivity index (χ1n) is 7.12. The lowest BCUT2D eigenvalue weighted by molar-refractivity contribution is 0.0934. The van der Waals surface area contributed by atoms with Crippen LogP contribution in [-0.4, -0.2) is 21.0 Å². The van der Waals surface area contributed by atoms with Gasteiger partial charge in [0.05, 0.1) is 10.7 Å². The second kappa shape index (κ2) is 9.61. The van der Waals surface area contributed by atoms with E-state index in [0.717, 1.165) is 3.57 Å². The number of nitrogens with one attached hydrogen (secondary N) is 3. The summed E-state index contributed by atoms with van der Waals surface area (Å²) in [7, 11) is 0. The highest BCUT2D eigenvalue weighted by molar-refractivity contribution is 14.1. The van der Waals surface area contributed by atoms with Gasteiger partial charge in [0.2, 0.25) is 3.79 Å². The molecule has 10 heteroatoms. The molecule has 0 radical (unpaired) electrons. The Morgan fingerprint density at radius 3 is 2.23 bits per heavy atom. The second-order valence-corrected chi connectivity index (χ2v) is 9.46. The van der Waals surface area contributed by atoms with Crippen LogP contribution in [0.1, 0.15) is 10.4 Å². The van der Waals surface area contributed by atoms with Crippen LogP contribution in [0.5, 0.6) is 0 Å². The minimum absolute atomic E-state index is 0.136. The topological polar surface area (TPSA) is 53.2 Å². The van der Waals surface area contributed by atoms with Crippen molar-refractivity contribution in [3.05, 3.63) is 62.7 Å². The van der Waals surface area contributed by atoms with E-state index >= 15 is 0 Å². The van der Waals surface area contributed by atoms with Gasteiger partial charge in [-0.15, -0.1) is 0 Å². The van der Waals surface area contributed by atoms with E-state index in [4.69, 9.17) is 58.6 Å². The van der Waals surface area contributed by atoms with Crippen molar-refractivity contribution in [3.63, 3.8) is 0 Å². The number of amides is 1. The summed E-state index contributed by atoms with van der Waals surface area (Å²) in [5.41, 5.74) is 1.01. The smallest absolute Gasteiger partial charge is 0.252 e. The number of carbonyl (C=O) groups excluding carboxylic acids is 1. The summed E-state index contributed by atoms with van der Waals surface area (Å²) in [5.74, 6) is -0.411. The number of para-hydroxylation sites is 1. The number of benzene rings is 2. The van der Waals surface area contributed by atoms with Crippen LogP contribution in [0, 0.1) is 3.57 Å². The Balaban J connectivity index is 2.07. The molecule has 3 N–H and O–H groups in total. The molecule has 138 valence electrons. The zero-order chi connectivity index (χ0) is 19.3. The summed E-state index contributed by atoms with van der Waals surface area (Å²) in [4.78, 5) is 12.4. The van der Waals surface area contributed by atoms with Crippen molar-refractivity contribution in [3.8, 4) is 0 Å². The molecule has 2 aromatic rings. The van der Waals surface area contributed by atoms with E-state index in [1.807, 2.05) is 0 Å². The van der Waals surface area contributed by atoms with E-state index in [1.165, 1.54) is 0 Å². The van der Waals surface area contributed by atoms with Crippen LogP contribution in [0.15, 0.2) is 48.5 Å². The first kappa shape index (κ1) is 21.8. The fourth-order valence-corrected chi connectivity index (χ4v) is 2.97. The van der Waals surface area contributed by atoms with Gasteiger partial charge in [-0.25, -0.2) is 0 Å². The maximum atomic E-state index is 12.4. The molecule has 1 atom stereocenters. The predicted molar refractivity (Wildman–Crippen MR) is 122 cm³/mol. The van der Waals surface area contributed by atoms with Gasteiger partial charge in [0.15, 0.2) is 5.11 Å². The third kappa shape index (κ3) is 6.58. The van der Waals surface area contributed by atoms with Gasteiger partial charge in [0.25, 0.3) is 5.91 Å². The largest absolute Gasteiger partial charge is 0.339 e. The molecule has 0 aliphatic carbocycles. The molecule has 0 bridgehead atoms. The predicted octanol–water partition coefficient (Wildman–Crippen LogP) is 5.36. The van der Waals surface area contributed by atoms with Gasteiger partial charge in [-0.1, -0.05) is 58.5 Å². The van der Waals surface area contributed by atoms with E-state index in [9.17, 15) is 4.79 Å². The quantitative estimate of drug-likeness (QED) is 0.203. The number of alkyl halides is 3. The molecule has 0 spiro atoms. The Morgan fingerprint density at radius 1 is 1.04 bits per heavy atom. The summed E-state index contributed by atoms with van der Waals surface area (Å²) in [6.07, 6.45) is -1.07. The molecule has 0 aromatic heterocycles. The molecule has 2 rings (SSSR count). The zero-order valence-corrected chi connectivity index (χ0v) is 18.9. The molecule has 4 nitrogen and oxygen atoms in total. The summed E-state index contributed by atoms with van der Waals surface area (Å²) in [5, 5.41) is 8.90. The van der Waals surface area contributed by atoms with Crippen LogP contribution in [0.4, 0.5) is 5.69 Å². The Bertz CT molecular complexity index is 799. The number of anilines is 1. The van der Waals surface area contributed by atoms with Gasteiger partial charge in [-0.3, -0.25) is 4.79 Å². The lowest BCUT2D eigenvalue weighted by Crippen LogP contribution is -2.56. The van der Waals surface area contributed by atoms with Crippen molar-refractivity contribution in [2.24, 2.45) is 0 Å². The Kier molecular flexibility index (Phi) is 8.06. The maximum absolute atomic E-state index is 12.4. The van der Waals surface area contributed by atoms with Crippen LogP contribution in [0.2, 0.25) is 5.02 Å². The molecule has 0 saturated carbocycles. The first-order valence-corrected chi connectivity index (χ1v) is 10.1. The number of hydrogen-bond acceptors (Lipinski definition) is 2. The Hall–Kier alpha value is -0.510. The van der Waals surface area contributed by atoms with Crippen LogP contribution >= 0.6 is 81.2 Å². The highest BCUT2D eigenvalue weighted by Gasteiger charge is 2.35. The van der Waals surface area contributed by atoms with E-state index < -0.39 is 15.9 Å². The highest BCUT2D eigenvalue weighted by atomic mass is 127. The fraction of sp³-hybridized carbons (Fsp3) is 0.125. The minimum atomic E-state index is -1.84. The van der Waals surface area contributed by atoms with Gasteiger partial charge < -0.3 is 16.0 Å². The van der Waals surface area contributed by atoms with Crippen LogP contribution in [0.3, 0.4) is 0 Å². The van der Waals surface area contributed by atoms with Crippen molar-refractivity contribution >= 4 is 97.9 Å². The molecule has 0 heterocycles. The molecular formula is C16H12Cl4IN3OS.